The predicted molar refractivity (Wildman–Crippen MR) is 158 cm³/mol. The molecule has 9 nitrogen and oxygen atoms in total. The van der Waals surface area contributed by atoms with Crippen LogP contribution in [0.2, 0.25) is 0 Å². The Morgan fingerprint density at radius 2 is 1.85 bits per heavy atom. The molecule has 2 aliphatic rings. The summed E-state index contributed by atoms with van der Waals surface area (Å²) in [4.78, 5) is 45.9. The Kier molecular flexibility index (Phi) is 10.5. The smallest absolute Gasteiger partial charge is 0.410 e. The molecule has 0 aromatic carbocycles. The highest BCUT2D eigenvalue weighted by Gasteiger charge is 2.53. The van der Waals surface area contributed by atoms with E-state index in [0.29, 0.717) is 19.3 Å². The molecule has 41 heavy (non-hydrogen) atoms. The van der Waals surface area contributed by atoms with Gasteiger partial charge in [-0.1, -0.05) is 34.1 Å². The van der Waals surface area contributed by atoms with Gasteiger partial charge in [0.2, 0.25) is 0 Å². The number of hydrogen-bond acceptors (Lipinski definition) is 9. The van der Waals surface area contributed by atoms with Gasteiger partial charge >= 0.3 is 12.1 Å². The molecule has 2 N–H and O–H groups in total. The summed E-state index contributed by atoms with van der Waals surface area (Å²) in [6, 6.07) is -0.292. The highest BCUT2D eigenvalue weighted by atomic mass is 32.1. The minimum Gasteiger partial charge on any atom is -0.458 e. The highest BCUT2D eigenvalue weighted by molar-refractivity contribution is 7.09. The number of hydrogen-bond donors (Lipinski definition) is 2. The van der Waals surface area contributed by atoms with E-state index in [1.807, 2.05) is 53.0 Å². The zero-order valence-corrected chi connectivity index (χ0v) is 26.8. The van der Waals surface area contributed by atoms with E-state index in [1.54, 1.807) is 25.7 Å². The van der Waals surface area contributed by atoms with Gasteiger partial charge < -0.3 is 19.7 Å². The molecule has 3 rings (SSSR count). The quantitative estimate of drug-likeness (QED) is 0.350. The number of carbonyl (C=O) groups excluding carboxylic acids is 3. The first kappa shape index (κ1) is 33.2. The number of esters is 1. The number of aryl methyl sites for hydroxylation is 1. The van der Waals surface area contributed by atoms with Crippen LogP contribution in [-0.2, 0) is 19.1 Å². The molecule has 0 spiro atoms. The zero-order chi connectivity index (χ0) is 30.9. The van der Waals surface area contributed by atoms with Crippen LogP contribution < -0.4 is 0 Å². The Labute approximate surface area is 248 Å². The third-order valence-corrected chi connectivity index (χ3v) is 9.21. The van der Waals surface area contributed by atoms with Crippen molar-refractivity contribution in [2.75, 3.05) is 0 Å². The number of ketones is 1. The van der Waals surface area contributed by atoms with Crippen LogP contribution in [0.5, 0.6) is 0 Å². The summed E-state index contributed by atoms with van der Waals surface area (Å²) in [5.74, 6) is -1.81. The Bertz CT molecular complexity index is 1140. The van der Waals surface area contributed by atoms with Crippen LogP contribution in [-0.4, -0.2) is 73.9 Å². The number of Topliss-reactive ketones (excluding diaryl/α,β-unsaturated/α-hetero) is 1. The first-order chi connectivity index (χ1) is 18.9. The van der Waals surface area contributed by atoms with Crippen molar-refractivity contribution in [3.63, 3.8) is 0 Å². The summed E-state index contributed by atoms with van der Waals surface area (Å²) >= 11 is 1.52. The molecule has 2 aliphatic heterocycles. The van der Waals surface area contributed by atoms with Crippen LogP contribution in [0.25, 0.3) is 6.08 Å². The maximum atomic E-state index is 13.4. The van der Waals surface area contributed by atoms with Crippen molar-refractivity contribution < 1.29 is 34.1 Å². The van der Waals surface area contributed by atoms with Crippen LogP contribution in [0.4, 0.5) is 4.79 Å². The molecule has 10 heteroatoms. The maximum Gasteiger partial charge on any atom is 0.410 e. The van der Waals surface area contributed by atoms with Crippen LogP contribution >= 0.6 is 11.3 Å². The summed E-state index contributed by atoms with van der Waals surface area (Å²) in [7, 11) is 0. The molecule has 7 atom stereocenters. The summed E-state index contributed by atoms with van der Waals surface area (Å²) in [6.45, 7) is 16.1. The normalized spacial score (nSPS) is 32.2. The molecule has 1 amide bonds. The van der Waals surface area contributed by atoms with E-state index in [0.717, 1.165) is 22.7 Å². The topological polar surface area (TPSA) is 126 Å². The fourth-order valence-electron chi connectivity index (χ4n) is 5.68. The lowest BCUT2D eigenvalue weighted by molar-refractivity contribution is -0.154. The van der Waals surface area contributed by atoms with E-state index < -0.39 is 47.3 Å². The largest absolute Gasteiger partial charge is 0.458 e. The fourth-order valence-corrected chi connectivity index (χ4v) is 6.25. The zero-order valence-electron chi connectivity index (χ0n) is 26.0. The molecule has 2 saturated heterocycles. The minimum atomic E-state index is -1.29. The number of thiazole rings is 1. The SMILES string of the molecule is C/C(=C\c1csc(C)n1)C1CC2[C@@H](CCC[C@H](C)[C@H](O)[C@@H](C)C(=O)C(C)(C)[C@@H](O)CC(=O)O1)N2C(=O)OC(C)(C)C. The van der Waals surface area contributed by atoms with Gasteiger partial charge in [-0.25, -0.2) is 9.78 Å². The first-order valence-corrected chi connectivity index (χ1v) is 15.5. The number of carbonyl (C=O) groups is 3. The van der Waals surface area contributed by atoms with Gasteiger partial charge in [-0.3, -0.25) is 14.5 Å². The van der Waals surface area contributed by atoms with E-state index in [1.165, 1.54) is 11.3 Å². The van der Waals surface area contributed by atoms with Crippen molar-refractivity contribution in [3.05, 3.63) is 21.7 Å². The van der Waals surface area contributed by atoms with E-state index in [9.17, 15) is 24.6 Å². The number of rotatable bonds is 2. The van der Waals surface area contributed by atoms with Gasteiger partial charge in [-0.2, -0.15) is 0 Å². The summed E-state index contributed by atoms with van der Waals surface area (Å²) < 4.78 is 11.6. The third-order valence-electron chi connectivity index (χ3n) is 8.42. The van der Waals surface area contributed by atoms with Gasteiger partial charge in [0.25, 0.3) is 0 Å². The molecule has 0 radical (unpaired) electrons. The first-order valence-electron chi connectivity index (χ1n) is 14.6. The molecule has 2 fully saturated rings. The van der Waals surface area contributed by atoms with E-state index in [2.05, 4.69) is 4.98 Å². The number of nitrogens with zero attached hydrogens (tertiary/aromatic N) is 2. The molecule has 0 saturated carbocycles. The second-order valence-electron chi connectivity index (χ2n) is 13.4. The fraction of sp³-hybridized carbons (Fsp3) is 0.742. The molecule has 0 bridgehead atoms. The number of aliphatic hydroxyl groups is 2. The molecule has 0 aliphatic carbocycles. The maximum absolute atomic E-state index is 13.4. The lowest BCUT2D eigenvalue weighted by atomic mass is 9.73. The van der Waals surface area contributed by atoms with E-state index in [-0.39, 0.29) is 30.2 Å². The number of amides is 1. The Hall–Kier alpha value is -2.30. The Balaban J connectivity index is 1.94. The van der Waals surface area contributed by atoms with Gasteiger partial charge in [-0.15, -0.1) is 11.3 Å². The lowest BCUT2D eigenvalue weighted by Gasteiger charge is -2.34. The number of ether oxygens (including phenoxy) is 2. The van der Waals surface area contributed by atoms with Gasteiger partial charge in [-0.05, 0) is 65.0 Å². The van der Waals surface area contributed by atoms with Crippen molar-refractivity contribution in [2.45, 2.75) is 130 Å². The number of cyclic esters (lactones) is 1. The molecular weight excluding hydrogens is 544 g/mol. The number of aromatic nitrogens is 1. The van der Waals surface area contributed by atoms with Gasteiger partial charge in [0.1, 0.15) is 17.5 Å². The van der Waals surface area contributed by atoms with Crippen LogP contribution in [0.1, 0.15) is 98.2 Å². The van der Waals surface area contributed by atoms with Crippen molar-refractivity contribution >= 4 is 35.3 Å². The Morgan fingerprint density at radius 3 is 2.44 bits per heavy atom. The van der Waals surface area contributed by atoms with Crippen molar-refractivity contribution in [2.24, 2.45) is 17.3 Å². The summed E-state index contributed by atoms with van der Waals surface area (Å²) in [5.41, 5.74) is -0.380. The molecular formula is C31H48N2O7S. The van der Waals surface area contributed by atoms with Gasteiger partial charge in [0, 0.05) is 17.7 Å². The predicted octanol–water partition coefficient (Wildman–Crippen LogP) is 5.31. The molecule has 230 valence electrons. The number of fused-ring (bicyclic) bond motifs is 1. The Morgan fingerprint density at radius 1 is 1.20 bits per heavy atom. The van der Waals surface area contributed by atoms with Crippen molar-refractivity contribution in [1.29, 1.82) is 0 Å². The van der Waals surface area contributed by atoms with Crippen LogP contribution in [0.15, 0.2) is 11.0 Å². The minimum absolute atomic E-state index is 0.0961. The third kappa shape index (κ3) is 8.38. The van der Waals surface area contributed by atoms with Crippen molar-refractivity contribution in [3.8, 4) is 0 Å². The van der Waals surface area contributed by atoms with Gasteiger partial charge in [0.05, 0.1) is 46.8 Å². The summed E-state index contributed by atoms with van der Waals surface area (Å²) in [5, 5.41) is 24.8. The van der Waals surface area contributed by atoms with E-state index in [4.69, 9.17) is 9.47 Å². The van der Waals surface area contributed by atoms with Gasteiger partial charge in [0.15, 0.2) is 0 Å². The monoisotopic (exact) mass is 592 g/mol. The lowest BCUT2D eigenvalue weighted by Crippen LogP contribution is -2.45. The van der Waals surface area contributed by atoms with Crippen LogP contribution in [0.3, 0.4) is 0 Å². The molecule has 1 aromatic rings. The van der Waals surface area contributed by atoms with Crippen molar-refractivity contribution in [1.82, 2.24) is 9.88 Å². The standard InChI is InChI=1S/C31H48N2O7S/c1-17-11-10-12-22-23(33(22)29(38)40-30(5,6)7)14-24(18(2)13-21-16-41-20(4)32-21)39-26(35)15-25(34)31(8,9)28(37)19(3)27(17)36/h13,16-17,19,22-25,27,34,36H,10-12,14-15H2,1-9H3/b18-13+/t17-,19+,22+,23?,24?,25-,27-,33?/m0/s1. The van der Waals surface area contributed by atoms with E-state index >= 15 is 0 Å². The second-order valence-corrected chi connectivity index (χ2v) is 14.5. The second kappa shape index (κ2) is 12.9. The molecule has 3 heterocycles. The average Bonchev–Trinajstić information content (AvgIpc) is 3.39. The molecule has 1 aromatic heterocycles. The van der Waals surface area contributed by atoms with Crippen LogP contribution in [0, 0.1) is 24.2 Å². The average molecular weight is 593 g/mol. The number of aliphatic hydroxyl groups excluding tert-OH is 2. The summed E-state index contributed by atoms with van der Waals surface area (Å²) in [6.07, 6.45) is 0.730. The highest BCUT2D eigenvalue weighted by Crippen LogP contribution is 2.40. The molecule has 2 unspecified atom stereocenters.